The van der Waals surface area contributed by atoms with Gasteiger partial charge in [-0.1, -0.05) is 22.0 Å². The van der Waals surface area contributed by atoms with Crippen LogP contribution in [-0.2, 0) is 11.3 Å². The van der Waals surface area contributed by atoms with Gasteiger partial charge in [-0.3, -0.25) is 4.79 Å². The Morgan fingerprint density at radius 1 is 1.44 bits per heavy atom. The minimum Gasteiger partial charge on any atom is -0.302 e. The van der Waals surface area contributed by atoms with Gasteiger partial charge in [-0.2, -0.15) is 0 Å². The molecule has 88 valence electrons. The molecule has 0 aliphatic carbocycles. The molecule has 2 nitrogen and oxygen atoms in total. The van der Waals surface area contributed by atoms with E-state index in [-0.39, 0.29) is 5.78 Å². The molecule has 0 bridgehead atoms. The van der Waals surface area contributed by atoms with E-state index in [0.717, 1.165) is 17.6 Å². The minimum atomic E-state index is 0.248. The van der Waals surface area contributed by atoms with Crippen LogP contribution < -0.4 is 0 Å². The standard InChI is InChI=1S/C13H18BrNO/c1-10-4-5-13(14)8-12(10)9-15(3)7-6-11(2)16/h4-5,8H,6-7,9H2,1-3H3. The Balaban J connectivity index is 2.58. The summed E-state index contributed by atoms with van der Waals surface area (Å²) in [6, 6.07) is 6.30. The summed E-state index contributed by atoms with van der Waals surface area (Å²) in [6.07, 6.45) is 0.629. The molecular weight excluding hydrogens is 266 g/mol. The molecule has 1 rings (SSSR count). The fourth-order valence-corrected chi connectivity index (χ4v) is 1.94. The second kappa shape index (κ2) is 6.16. The van der Waals surface area contributed by atoms with E-state index in [1.807, 2.05) is 7.05 Å². The van der Waals surface area contributed by atoms with Crippen LogP contribution in [-0.4, -0.2) is 24.3 Å². The zero-order chi connectivity index (χ0) is 12.1. The second-order valence-corrected chi connectivity index (χ2v) is 5.18. The predicted molar refractivity (Wildman–Crippen MR) is 70.5 cm³/mol. The molecule has 0 fully saturated rings. The lowest BCUT2D eigenvalue weighted by molar-refractivity contribution is -0.117. The van der Waals surface area contributed by atoms with E-state index in [1.54, 1.807) is 6.92 Å². The van der Waals surface area contributed by atoms with E-state index in [2.05, 4.69) is 46.0 Å². The van der Waals surface area contributed by atoms with Gasteiger partial charge in [-0.05, 0) is 44.2 Å². The highest BCUT2D eigenvalue weighted by Gasteiger charge is 2.04. The summed E-state index contributed by atoms with van der Waals surface area (Å²) < 4.78 is 1.10. The maximum atomic E-state index is 10.9. The van der Waals surface area contributed by atoms with E-state index in [9.17, 15) is 4.79 Å². The summed E-state index contributed by atoms with van der Waals surface area (Å²) in [4.78, 5) is 13.1. The number of rotatable bonds is 5. The highest BCUT2D eigenvalue weighted by Crippen LogP contribution is 2.17. The molecule has 0 aliphatic heterocycles. The topological polar surface area (TPSA) is 20.3 Å². The molecule has 0 heterocycles. The lowest BCUT2D eigenvalue weighted by Crippen LogP contribution is -2.21. The van der Waals surface area contributed by atoms with Crippen LogP contribution >= 0.6 is 15.9 Å². The van der Waals surface area contributed by atoms with Crippen LogP contribution in [0.3, 0.4) is 0 Å². The third-order valence-corrected chi connectivity index (χ3v) is 3.09. The zero-order valence-corrected chi connectivity index (χ0v) is 11.7. The van der Waals surface area contributed by atoms with Crippen LogP contribution in [0.4, 0.5) is 0 Å². The molecule has 0 unspecified atom stereocenters. The molecule has 0 amide bonds. The first kappa shape index (κ1) is 13.4. The number of hydrogen-bond donors (Lipinski definition) is 0. The number of ketones is 1. The largest absolute Gasteiger partial charge is 0.302 e. The first-order valence-electron chi connectivity index (χ1n) is 5.42. The van der Waals surface area contributed by atoms with Crippen molar-refractivity contribution >= 4 is 21.7 Å². The van der Waals surface area contributed by atoms with Crippen LogP contribution in [0, 0.1) is 6.92 Å². The maximum absolute atomic E-state index is 10.9. The lowest BCUT2D eigenvalue weighted by Gasteiger charge is -2.17. The predicted octanol–water partition coefficient (Wildman–Crippen LogP) is 3.17. The summed E-state index contributed by atoms with van der Waals surface area (Å²) in [6.45, 7) is 5.46. The Hall–Kier alpha value is -0.670. The zero-order valence-electron chi connectivity index (χ0n) is 10.1. The Morgan fingerprint density at radius 2 is 2.12 bits per heavy atom. The number of carbonyl (C=O) groups excluding carboxylic acids is 1. The van der Waals surface area contributed by atoms with Crippen molar-refractivity contribution in [2.75, 3.05) is 13.6 Å². The fraction of sp³-hybridized carbons (Fsp3) is 0.462. The average Bonchev–Trinajstić information content (AvgIpc) is 2.20. The van der Waals surface area contributed by atoms with E-state index in [4.69, 9.17) is 0 Å². The number of carbonyl (C=O) groups is 1. The molecule has 0 radical (unpaired) electrons. The van der Waals surface area contributed by atoms with E-state index >= 15 is 0 Å². The molecule has 0 spiro atoms. The molecule has 0 aliphatic rings. The second-order valence-electron chi connectivity index (χ2n) is 4.26. The number of nitrogens with zero attached hydrogens (tertiary/aromatic N) is 1. The summed E-state index contributed by atoms with van der Waals surface area (Å²) >= 11 is 3.48. The van der Waals surface area contributed by atoms with Gasteiger partial charge in [0, 0.05) is 24.0 Å². The van der Waals surface area contributed by atoms with Crippen LogP contribution in [0.5, 0.6) is 0 Å². The number of hydrogen-bond acceptors (Lipinski definition) is 2. The first-order valence-corrected chi connectivity index (χ1v) is 6.21. The molecular formula is C13H18BrNO. The van der Waals surface area contributed by atoms with Gasteiger partial charge in [0.25, 0.3) is 0 Å². The molecule has 0 saturated heterocycles. The molecule has 1 aromatic rings. The van der Waals surface area contributed by atoms with Crippen LogP contribution in [0.1, 0.15) is 24.5 Å². The van der Waals surface area contributed by atoms with Gasteiger partial charge in [-0.25, -0.2) is 0 Å². The van der Waals surface area contributed by atoms with Crippen molar-refractivity contribution in [3.8, 4) is 0 Å². The Kier molecular flexibility index (Phi) is 5.16. The smallest absolute Gasteiger partial charge is 0.131 e. The van der Waals surface area contributed by atoms with Crippen molar-refractivity contribution in [1.82, 2.24) is 4.90 Å². The molecule has 0 atom stereocenters. The van der Waals surface area contributed by atoms with Crippen molar-refractivity contribution in [2.45, 2.75) is 26.8 Å². The molecule has 0 N–H and O–H groups in total. The number of aryl methyl sites for hydroxylation is 1. The van der Waals surface area contributed by atoms with Gasteiger partial charge in [0.1, 0.15) is 5.78 Å². The Morgan fingerprint density at radius 3 is 2.75 bits per heavy atom. The number of benzene rings is 1. The molecule has 1 aromatic carbocycles. The van der Waals surface area contributed by atoms with E-state index in [0.29, 0.717) is 6.42 Å². The number of Topliss-reactive ketones (excluding diaryl/α,β-unsaturated/α-hetero) is 1. The molecule has 0 aromatic heterocycles. The maximum Gasteiger partial charge on any atom is 0.131 e. The van der Waals surface area contributed by atoms with Crippen LogP contribution in [0.25, 0.3) is 0 Å². The minimum absolute atomic E-state index is 0.248. The monoisotopic (exact) mass is 283 g/mol. The van der Waals surface area contributed by atoms with Gasteiger partial charge in [0.2, 0.25) is 0 Å². The third kappa shape index (κ3) is 4.45. The Labute approximate surface area is 106 Å². The Bertz CT molecular complexity index is 376. The summed E-state index contributed by atoms with van der Waals surface area (Å²) in [5.74, 6) is 0.248. The van der Waals surface area contributed by atoms with Crippen molar-refractivity contribution in [3.63, 3.8) is 0 Å². The highest BCUT2D eigenvalue weighted by atomic mass is 79.9. The summed E-state index contributed by atoms with van der Waals surface area (Å²) in [5, 5.41) is 0. The van der Waals surface area contributed by atoms with E-state index in [1.165, 1.54) is 11.1 Å². The SMILES string of the molecule is CC(=O)CCN(C)Cc1cc(Br)ccc1C. The first-order chi connectivity index (χ1) is 7.49. The summed E-state index contributed by atoms with van der Waals surface area (Å²) in [5.41, 5.74) is 2.60. The van der Waals surface area contributed by atoms with Gasteiger partial charge in [0.15, 0.2) is 0 Å². The van der Waals surface area contributed by atoms with Crippen LogP contribution in [0.15, 0.2) is 22.7 Å². The molecule has 16 heavy (non-hydrogen) atoms. The summed E-state index contributed by atoms with van der Waals surface area (Å²) in [7, 11) is 2.04. The van der Waals surface area contributed by atoms with Gasteiger partial charge in [0.05, 0.1) is 0 Å². The van der Waals surface area contributed by atoms with Gasteiger partial charge >= 0.3 is 0 Å². The van der Waals surface area contributed by atoms with Crippen molar-refractivity contribution < 1.29 is 4.79 Å². The highest BCUT2D eigenvalue weighted by molar-refractivity contribution is 9.10. The quantitative estimate of drug-likeness (QED) is 0.827. The van der Waals surface area contributed by atoms with Crippen molar-refractivity contribution in [2.24, 2.45) is 0 Å². The van der Waals surface area contributed by atoms with Gasteiger partial charge in [-0.15, -0.1) is 0 Å². The number of halogens is 1. The lowest BCUT2D eigenvalue weighted by atomic mass is 10.1. The normalized spacial score (nSPS) is 10.8. The van der Waals surface area contributed by atoms with Crippen molar-refractivity contribution in [1.29, 1.82) is 0 Å². The van der Waals surface area contributed by atoms with Crippen molar-refractivity contribution in [3.05, 3.63) is 33.8 Å². The third-order valence-electron chi connectivity index (χ3n) is 2.60. The molecule has 3 heteroatoms. The molecule has 0 saturated carbocycles. The average molecular weight is 284 g/mol. The fourth-order valence-electron chi connectivity index (χ4n) is 1.53. The van der Waals surface area contributed by atoms with E-state index < -0.39 is 0 Å². The van der Waals surface area contributed by atoms with Gasteiger partial charge < -0.3 is 4.90 Å². The van der Waals surface area contributed by atoms with Crippen LogP contribution in [0.2, 0.25) is 0 Å².